The van der Waals surface area contributed by atoms with E-state index in [1.807, 2.05) is 27.7 Å². The first-order valence-electron chi connectivity index (χ1n) is 12.4. The van der Waals surface area contributed by atoms with E-state index in [2.05, 4.69) is 5.32 Å². The van der Waals surface area contributed by atoms with Gasteiger partial charge in [0, 0.05) is 56.9 Å². The average Bonchev–Trinajstić information content (AvgIpc) is 2.77. The molecule has 0 unspecified atom stereocenters. The van der Waals surface area contributed by atoms with Crippen LogP contribution < -0.4 is 9.50 Å². The number of benzene rings is 2. The van der Waals surface area contributed by atoms with Crippen LogP contribution in [0.25, 0.3) is 0 Å². The first-order valence-corrected chi connectivity index (χ1v) is 14.6. The molecular weight excluding hydrogens is 545 g/mol. The van der Waals surface area contributed by atoms with Crippen LogP contribution in [0.5, 0.6) is 5.75 Å². The van der Waals surface area contributed by atoms with E-state index in [1.54, 1.807) is 6.07 Å². The van der Waals surface area contributed by atoms with Crippen molar-refractivity contribution in [2.24, 2.45) is 10.8 Å². The predicted molar refractivity (Wildman–Crippen MR) is 147 cm³/mol. The first-order chi connectivity index (χ1) is 17.7. The Labute approximate surface area is 233 Å². The molecule has 0 fully saturated rings. The maximum atomic E-state index is 13.6. The standard InChI is InChI=1S/C29H29Cl2NO5S/c1-28(2)12-20-26(22(33)14-28)25(27-21(32-20)13-29(3,4)15-23(27)34)19-11-17(31)7-10-24(19)37-38(35,36)18-8-5-16(30)6-9-18/h5-11,25,32H,12-15H2,1-4H3. The minimum Gasteiger partial charge on any atom is -0.379 e. The smallest absolute Gasteiger partial charge is 0.339 e. The number of rotatable bonds is 4. The molecule has 6 nitrogen and oxygen atoms in total. The van der Waals surface area contributed by atoms with Crippen LogP contribution in [-0.4, -0.2) is 20.0 Å². The van der Waals surface area contributed by atoms with E-state index in [4.69, 9.17) is 27.4 Å². The van der Waals surface area contributed by atoms with E-state index < -0.39 is 16.0 Å². The highest BCUT2D eigenvalue weighted by atomic mass is 35.5. The molecule has 3 aliphatic rings. The van der Waals surface area contributed by atoms with Gasteiger partial charge in [-0.3, -0.25) is 9.59 Å². The second-order valence-electron chi connectivity index (χ2n) is 11.9. The maximum Gasteiger partial charge on any atom is 0.339 e. The lowest BCUT2D eigenvalue weighted by Gasteiger charge is -2.44. The van der Waals surface area contributed by atoms with E-state index >= 15 is 0 Å². The SMILES string of the molecule is CC1(C)CC(=O)C2=C(C1)NC1=C(C(=O)CC(C)(C)C1)C2c1cc(Cl)ccc1OS(=O)(=O)c1ccc(Cl)cc1. The van der Waals surface area contributed by atoms with Crippen LogP contribution in [-0.2, 0) is 19.7 Å². The molecule has 0 amide bonds. The molecule has 0 aromatic heterocycles. The maximum absolute atomic E-state index is 13.6. The van der Waals surface area contributed by atoms with Gasteiger partial charge in [0.25, 0.3) is 0 Å². The zero-order chi connectivity index (χ0) is 27.6. The second-order valence-corrected chi connectivity index (χ2v) is 14.3. The van der Waals surface area contributed by atoms with Crippen LogP contribution >= 0.6 is 23.2 Å². The molecule has 2 aromatic carbocycles. The van der Waals surface area contributed by atoms with E-state index in [0.717, 1.165) is 11.4 Å². The van der Waals surface area contributed by atoms with Gasteiger partial charge in [-0.2, -0.15) is 8.42 Å². The number of carbonyl (C=O) groups is 2. The highest BCUT2D eigenvalue weighted by Crippen LogP contribution is 2.52. The number of hydrogen-bond donors (Lipinski definition) is 1. The number of dihydropyridines is 1. The van der Waals surface area contributed by atoms with Crippen LogP contribution in [0.1, 0.15) is 64.9 Å². The molecule has 0 bridgehead atoms. The Bertz CT molecular complexity index is 1480. The van der Waals surface area contributed by atoms with Crippen molar-refractivity contribution in [3.05, 3.63) is 80.6 Å². The zero-order valence-electron chi connectivity index (χ0n) is 21.7. The molecule has 5 rings (SSSR count). The lowest BCUT2D eigenvalue weighted by molar-refractivity contribution is -0.119. The number of Topliss-reactive ketones (excluding diaryl/α,β-unsaturated/α-hetero) is 2. The largest absolute Gasteiger partial charge is 0.379 e. The molecule has 200 valence electrons. The second kappa shape index (κ2) is 9.25. The minimum absolute atomic E-state index is 0.0187. The van der Waals surface area contributed by atoms with Crippen molar-refractivity contribution in [1.82, 2.24) is 5.32 Å². The fourth-order valence-corrected chi connectivity index (χ4v) is 7.05. The minimum atomic E-state index is -4.25. The average molecular weight is 575 g/mol. The van der Waals surface area contributed by atoms with Gasteiger partial charge in [-0.25, -0.2) is 0 Å². The van der Waals surface area contributed by atoms with E-state index in [-0.39, 0.29) is 33.0 Å². The third kappa shape index (κ3) is 5.04. The van der Waals surface area contributed by atoms with Gasteiger partial charge in [-0.15, -0.1) is 0 Å². The Morgan fingerprint density at radius 3 is 1.82 bits per heavy atom. The quantitative estimate of drug-likeness (QED) is 0.407. The number of ketones is 2. The number of hydrogen-bond acceptors (Lipinski definition) is 6. The summed E-state index contributed by atoms with van der Waals surface area (Å²) in [5, 5.41) is 4.19. The molecule has 0 atom stereocenters. The van der Waals surface area contributed by atoms with Crippen LogP contribution in [0.3, 0.4) is 0 Å². The van der Waals surface area contributed by atoms with Crippen LogP contribution in [0.2, 0.25) is 10.0 Å². The lowest BCUT2D eigenvalue weighted by atomic mass is 9.64. The van der Waals surface area contributed by atoms with Gasteiger partial charge in [0.05, 0.1) is 0 Å². The van der Waals surface area contributed by atoms with Gasteiger partial charge >= 0.3 is 10.1 Å². The van der Waals surface area contributed by atoms with Gasteiger partial charge in [0.15, 0.2) is 11.6 Å². The number of nitrogens with one attached hydrogen (secondary N) is 1. The lowest BCUT2D eigenvalue weighted by Crippen LogP contribution is -2.42. The fraction of sp³-hybridized carbons (Fsp3) is 0.379. The summed E-state index contributed by atoms with van der Waals surface area (Å²) in [5.41, 5.74) is 2.35. The van der Waals surface area contributed by atoms with Crippen molar-refractivity contribution < 1.29 is 22.2 Å². The van der Waals surface area contributed by atoms with Crippen molar-refractivity contribution in [1.29, 1.82) is 0 Å². The van der Waals surface area contributed by atoms with Crippen molar-refractivity contribution in [2.75, 3.05) is 0 Å². The van der Waals surface area contributed by atoms with Crippen molar-refractivity contribution in [2.45, 2.75) is 64.2 Å². The summed E-state index contributed by atoms with van der Waals surface area (Å²) in [6.07, 6.45) is 1.86. The zero-order valence-corrected chi connectivity index (χ0v) is 24.0. The van der Waals surface area contributed by atoms with Crippen LogP contribution in [0, 0.1) is 10.8 Å². The van der Waals surface area contributed by atoms with Crippen LogP contribution in [0.4, 0.5) is 0 Å². The Morgan fingerprint density at radius 2 is 1.29 bits per heavy atom. The Morgan fingerprint density at radius 1 is 0.789 bits per heavy atom. The van der Waals surface area contributed by atoms with Crippen molar-refractivity contribution in [3.63, 3.8) is 0 Å². The molecule has 2 aromatic rings. The van der Waals surface area contributed by atoms with Gasteiger partial charge < -0.3 is 9.50 Å². The highest BCUT2D eigenvalue weighted by molar-refractivity contribution is 7.87. The van der Waals surface area contributed by atoms with Gasteiger partial charge in [0.1, 0.15) is 10.6 Å². The molecule has 1 N–H and O–H groups in total. The summed E-state index contributed by atoms with van der Waals surface area (Å²) in [7, 11) is -4.25. The molecule has 2 aliphatic carbocycles. The van der Waals surface area contributed by atoms with Crippen molar-refractivity contribution >= 4 is 44.9 Å². The number of carbonyl (C=O) groups excluding carboxylic acids is 2. The van der Waals surface area contributed by atoms with E-state index in [0.29, 0.717) is 52.4 Å². The molecule has 1 aliphatic heterocycles. The highest BCUT2D eigenvalue weighted by Gasteiger charge is 2.47. The summed E-state index contributed by atoms with van der Waals surface area (Å²) in [6, 6.07) is 10.2. The summed E-state index contributed by atoms with van der Waals surface area (Å²) >= 11 is 12.4. The number of allylic oxidation sites excluding steroid dienone is 4. The Kier molecular flexibility index (Phi) is 6.56. The summed E-state index contributed by atoms with van der Waals surface area (Å²) in [5.74, 6) is -0.929. The summed E-state index contributed by atoms with van der Waals surface area (Å²) in [4.78, 5) is 27.2. The molecule has 0 radical (unpaired) electrons. The number of halogens is 2. The monoisotopic (exact) mass is 573 g/mol. The molecule has 9 heteroatoms. The first kappa shape index (κ1) is 27.0. The van der Waals surface area contributed by atoms with Crippen molar-refractivity contribution in [3.8, 4) is 5.75 Å². The third-order valence-electron chi connectivity index (χ3n) is 7.30. The van der Waals surface area contributed by atoms with Gasteiger partial charge in [0.2, 0.25) is 0 Å². The topological polar surface area (TPSA) is 89.5 Å². The van der Waals surface area contributed by atoms with E-state index in [1.165, 1.54) is 36.4 Å². The van der Waals surface area contributed by atoms with Crippen LogP contribution in [0.15, 0.2) is 69.9 Å². The molecule has 1 heterocycles. The molecule has 0 saturated carbocycles. The fourth-order valence-electron chi connectivity index (χ4n) is 5.79. The summed E-state index contributed by atoms with van der Waals surface area (Å²) < 4.78 is 32.1. The third-order valence-corrected chi connectivity index (χ3v) is 9.04. The normalized spacial score (nSPS) is 21.1. The predicted octanol–water partition coefficient (Wildman–Crippen LogP) is 6.73. The van der Waals surface area contributed by atoms with Gasteiger partial charge in [-0.1, -0.05) is 50.9 Å². The Balaban J connectivity index is 1.70. The molecule has 38 heavy (non-hydrogen) atoms. The molecule has 0 spiro atoms. The summed E-state index contributed by atoms with van der Waals surface area (Å²) in [6.45, 7) is 8.16. The molecule has 0 saturated heterocycles. The molecular formula is C29H29Cl2NO5S. The van der Waals surface area contributed by atoms with E-state index in [9.17, 15) is 18.0 Å². The Hall–Kier alpha value is -2.61. The van der Waals surface area contributed by atoms with Gasteiger partial charge in [-0.05, 0) is 66.1 Å².